The lowest BCUT2D eigenvalue weighted by molar-refractivity contribution is -0.137. The Balaban J connectivity index is 2.88. The minimum Gasteiger partial charge on any atom is -0.481 e. The van der Waals surface area contributed by atoms with Gasteiger partial charge in [-0.3, -0.25) is 33.8 Å². The van der Waals surface area contributed by atoms with Crippen molar-refractivity contribution < 1.29 is 33.9 Å². The van der Waals surface area contributed by atoms with Gasteiger partial charge in [-0.25, -0.2) is 0 Å². The maximum atomic E-state index is 13.6. The van der Waals surface area contributed by atoms with E-state index in [1.54, 1.807) is 31.5 Å². The highest BCUT2D eigenvalue weighted by atomic mass is 16.4. The molecule has 0 fully saturated rings. The third kappa shape index (κ3) is 17.0. The first kappa shape index (κ1) is 44.0. The Morgan fingerprint density at radius 3 is 2.00 bits per heavy atom. The summed E-state index contributed by atoms with van der Waals surface area (Å²) < 4.78 is 0. The van der Waals surface area contributed by atoms with Crippen LogP contribution in [0.4, 0.5) is 0 Å². The fourth-order valence-electron chi connectivity index (χ4n) is 5.26. The third-order valence-electron chi connectivity index (χ3n) is 8.45. The van der Waals surface area contributed by atoms with Gasteiger partial charge in [0.05, 0.1) is 6.04 Å². The SMILES string of the molecule is CCC[C@H](NC(=O)C(NC(=O)CCCC(=O)O)[C@@H](C)CC)C(=O)NC(CN[C@@H](C)C(=O)N[C@H](C(=O)NCc1ccncc1)C(C)C)CC(C)C. The number of nitrogens with zero attached hydrogens (tertiary/aromatic N) is 1. The largest absolute Gasteiger partial charge is 0.481 e. The van der Waals surface area contributed by atoms with E-state index in [1.807, 2.05) is 48.5 Å². The van der Waals surface area contributed by atoms with Crippen molar-refractivity contribution in [1.29, 1.82) is 0 Å². The number of carboxylic acids is 1. The second-order valence-electron chi connectivity index (χ2n) is 13.8. The molecule has 50 heavy (non-hydrogen) atoms. The highest BCUT2D eigenvalue weighted by Crippen LogP contribution is 2.12. The lowest BCUT2D eigenvalue weighted by Gasteiger charge is -2.29. The molecule has 2 unspecified atom stereocenters. The minimum absolute atomic E-state index is 0.0244. The van der Waals surface area contributed by atoms with E-state index in [2.05, 4.69) is 36.9 Å². The molecule has 7 N–H and O–H groups in total. The summed E-state index contributed by atoms with van der Waals surface area (Å²) in [6, 6.07) is 0.0967. The molecule has 1 aromatic rings. The van der Waals surface area contributed by atoms with E-state index < -0.39 is 42.0 Å². The molecule has 0 saturated carbocycles. The zero-order chi connectivity index (χ0) is 37.8. The van der Waals surface area contributed by atoms with Crippen molar-refractivity contribution in [2.75, 3.05) is 6.54 Å². The lowest BCUT2D eigenvalue weighted by Crippen LogP contribution is -2.58. The zero-order valence-corrected chi connectivity index (χ0v) is 31.1. The Kier molecular flexibility index (Phi) is 20.5. The summed E-state index contributed by atoms with van der Waals surface area (Å²) in [7, 11) is 0. The van der Waals surface area contributed by atoms with Crippen molar-refractivity contribution in [2.45, 2.75) is 137 Å². The summed E-state index contributed by atoms with van der Waals surface area (Å²) in [5.41, 5.74) is 0.892. The second kappa shape index (κ2) is 23.4. The summed E-state index contributed by atoms with van der Waals surface area (Å²) in [6.07, 6.45) is 5.47. The molecular formula is C36H61N7O7. The number of aromatic nitrogens is 1. The smallest absolute Gasteiger partial charge is 0.303 e. The average Bonchev–Trinajstić information content (AvgIpc) is 3.06. The number of rotatable bonds is 24. The molecule has 0 aromatic carbocycles. The van der Waals surface area contributed by atoms with Gasteiger partial charge in [-0.1, -0.05) is 61.3 Å². The first-order valence-electron chi connectivity index (χ1n) is 17.9. The second-order valence-corrected chi connectivity index (χ2v) is 13.8. The van der Waals surface area contributed by atoms with E-state index in [-0.39, 0.29) is 67.3 Å². The molecular weight excluding hydrogens is 642 g/mol. The van der Waals surface area contributed by atoms with Crippen LogP contribution in [0, 0.1) is 17.8 Å². The molecule has 1 rings (SSSR count). The van der Waals surface area contributed by atoms with Crippen LogP contribution in [-0.4, -0.2) is 82.3 Å². The number of carbonyl (C=O) groups excluding carboxylic acids is 5. The summed E-state index contributed by atoms with van der Waals surface area (Å²) in [5.74, 6) is -3.08. The Bertz CT molecular complexity index is 1230. The first-order valence-corrected chi connectivity index (χ1v) is 17.9. The van der Waals surface area contributed by atoms with Crippen LogP contribution < -0.4 is 31.9 Å². The minimum atomic E-state index is -0.997. The van der Waals surface area contributed by atoms with Gasteiger partial charge in [-0.2, -0.15) is 0 Å². The molecule has 0 bridgehead atoms. The molecule has 14 nitrogen and oxygen atoms in total. The molecule has 14 heteroatoms. The fraction of sp³-hybridized carbons (Fsp3) is 0.694. The zero-order valence-electron chi connectivity index (χ0n) is 31.1. The number of aliphatic carboxylic acids is 1. The fourth-order valence-corrected chi connectivity index (χ4v) is 5.26. The summed E-state index contributed by atoms with van der Waals surface area (Å²) in [5, 5.41) is 26.4. The standard InChI is InChI=1S/C36H61N7O7/c1-9-12-28(41-36(50)32(24(7)10-2)42-29(44)13-11-14-30(45)46)34(48)40-27(19-22(3)4)21-38-25(8)33(47)43-31(23(5)6)35(49)39-20-26-15-17-37-18-16-26/h15-18,22-25,27-28,31-32,38H,9-14,19-21H2,1-8H3,(H,39,49)(H,40,48)(H,41,50)(H,42,44)(H,43,47)(H,45,46)/t24-,25-,27?,28-,31-,32?/m0/s1. The number of hydrogen-bond donors (Lipinski definition) is 7. The van der Waals surface area contributed by atoms with Crippen molar-refractivity contribution in [3.05, 3.63) is 30.1 Å². The van der Waals surface area contributed by atoms with Gasteiger partial charge >= 0.3 is 5.97 Å². The number of pyridine rings is 1. The Labute approximate surface area is 297 Å². The highest BCUT2D eigenvalue weighted by Gasteiger charge is 2.31. The number of nitrogens with one attached hydrogen (secondary N) is 6. The van der Waals surface area contributed by atoms with Gasteiger partial charge in [0.15, 0.2) is 0 Å². The van der Waals surface area contributed by atoms with E-state index in [0.717, 1.165) is 5.56 Å². The third-order valence-corrected chi connectivity index (χ3v) is 8.45. The van der Waals surface area contributed by atoms with Crippen LogP contribution in [0.25, 0.3) is 0 Å². The van der Waals surface area contributed by atoms with Gasteiger partial charge in [0.2, 0.25) is 29.5 Å². The van der Waals surface area contributed by atoms with Crippen LogP contribution in [0.2, 0.25) is 0 Å². The molecule has 0 aliphatic rings. The molecule has 6 atom stereocenters. The molecule has 0 aliphatic carbocycles. The van der Waals surface area contributed by atoms with Gasteiger partial charge in [-0.05, 0) is 61.6 Å². The van der Waals surface area contributed by atoms with Gasteiger partial charge in [0, 0.05) is 44.4 Å². The molecule has 0 aliphatic heterocycles. The summed E-state index contributed by atoms with van der Waals surface area (Å²) in [4.78, 5) is 80.4. The van der Waals surface area contributed by atoms with E-state index >= 15 is 0 Å². The summed E-state index contributed by atoms with van der Waals surface area (Å²) >= 11 is 0. The van der Waals surface area contributed by atoms with Crippen LogP contribution >= 0.6 is 0 Å². The molecule has 0 saturated heterocycles. The number of hydrogen-bond acceptors (Lipinski definition) is 8. The van der Waals surface area contributed by atoms with E-state index in [4.69, 9.17) is 5.11 Å². The molecule has 1 heterocycles. The number of carboxylic acid groups (broad SMARTS) is 1. The Hall–Kier alpha value is -4.07. The van der Waals surface area contributed by atoms with Crippen LogP contribution in [-0.2, 0) is 35.3 Å². The first-order chi connectivity index (χ1) is 23.6. The Morgan fingerprint density at radius 2 is 1.44 bits per heavy atom. The van der Waals surface area contributed by atoms with Crippen LogP contribution in [0.3, 0.4) is 0 Å². The topological polar surface area (TPSA) is 208 Å². The normalized spacial score (nSPS) is 14.8. The van der Waals surface area contributed by atoms with Crippen molar-refractivity contribution in [1.82, 2.24) is 36.9 Å². The van der Waals surface area contributed by atoms with Crippen LogP contribution in [0.5, 0.6) is 0 Å². The van der Waals surface area contributed by atoms with Crippen LogP contribution in [0.15, 0.2) is 24.5 Å². The highest BCUT2D eigenvalue weighted by molar-refractivity contribution is 5.92. The van der Waals surface area contributed by atoms with Crippen molar-refractivity contribution in [3.8, 4) is 0 Å². The predicted octanol–water partition coefficient (Wildman–Crippen LogP) is 2.42. The molecule has 1 aromatic heterocycles. The van der Waals surface area contributed by atoms with E-state index in [9.17, 15) is 28.8 Å². The van der Waals surface area contributed by atoms with E-state index in [0.29, 0.717) is 32.2 Å². The monoisotopic (exact) mass is 703 g/mol. The Morgan fingerprint density at radius 1 is 0.780 bits per heavy atom. The quantitative estimate of drug-likeness (QED) is 0.0843. The van der Waals surface area contributed by atoms with Crippen molar-refractivity contribution in [2.24, 2.45) is 17.8 Å². The number of carbonyl (C=O) groups is 6. The molecule has 5 amide bonds. The van der Waals surface area contributed by atoms with Gasteiger partial charge < -0.3 is 37.0 Å². The number of amides is 5. The van der Waals surface area contributed by atoms with E-state index in [1.165, 1.54) is 0 Å². The van der Waals surface area contributed by atoms with Gasteiger partial charge in [-0.15, -0.1) is 0 Å². The van der Waals surface area contributed by atoms with Crippen molar-refractivity contribution in [3.63, 3.8) is 0 Å². The molecule has 0 spiro atoms. The van der Waals surface area contributed by atoms with Gasteiger partial charge in [0.25, 0.3) is 0 Å². The van der Waals surface area contributed by atoms with Crippen LogP contribution in [0.1, 0.15) is 106 Å². The average molecular weight is 704 g/mol. The lowest BCUT2D eigenvalue weighted by atomic mass is 9.97. The maximum absolute atomic E-state index is 13.6. The van der Waals surface area contributed by atoms with Crippen molar-refractivity contribution >= 4 is 35.5 Å². The predicted molar refractivity (Wildman–Crippen MR) is 191 cm³/mol. The molecule has 282 valence electrons. The summed E-state index contributed by atoms with van der Waals surface area (Å²) in [6.45, 7) is 15.7. The van der Waals surface area contributed by atoms with Gasteiger partial charge in [0.1, 0.15) is 18.1 Å². The molecule has 0 radical (unpaired) electrons. The maximum Gasteiger partial charge on any atom is 0.303 e.